The van der Waals surface area contributed by atoms with E-state index in [1.54, 1.807) is 10.9 Å². The van der Waals surface area contributed by atoms with Gasteiger partial charge in [0, 0.05) is 23.8 Å². The highest BCUT2D eigenvalue weighted by Crippen LogP contribution is 2.22. The van der Waals surface area contributed by atoms with Crippen LogP contribution in [0.15, 0.2) is 41.1 Å². The number of likely N-dealkylation sites (tertiary alicyclic amines) is 1. The Bertz CT molecular complexity index is 675. The molecule has 1 aliphatic heterocycles. The van der Waals surface area contributed by atoms with Gasteiger partial charge in [0.1, 0.15) is 0 Å². The average Bonchev–Trinajstić information content (AvgIpc) is 3.10. The summed E-state index contributed by atoms with van der Waals surface area (Å²) >= 11 is 3.42. The van der Waals surface area contributed by atoms with Crippen molar-refractivity contribution >= 4 is 21.8 Å². The smallest absolute Gasteiger partial charge is 0.257 e. The fourth-order valence-corrected chi connectivity index (χ4v) is 3.39. The summed E-state index contributed by atoms with van der Waals surface area (Å²) in [5.74, 6) is 0.817. The maximum atomic E-state index is 12.7. The molecular formula is C18H23BrN4O. The van der Waals surface area contributed by atoms with E-state index in [-0.39, 0.29) is 5.91 Å². The Hall–Kier alpha value is -1.66. The third-order valence-electron chi connectivity index (χ3n) is 4.63. The zero-order chi connectivity index (χ0) is 16.9. The summed E-state index contributed by atoms with van der Waals surface area (Å²) in [6, 6.07) is 7.88. The Morgan fingerprint density at radius 2 is 2.00 bits per heavy atom. The first-order valence-corrected chi connectivity index (χ1v) is 9.21. The van der Waals surface area contributed by atoms with E-state index in [9.17, 15) is 4.79 Å². The van der Waals surface area contributed by atoms with Crippen molar-refractivity contribution in [2.45, 2.75) is 19.3 Å². The Morgan fingerprint density at radius 1 is 1.29 bits per heavy atom. The van der Waals surface area contributed by atoms with Crippen molar-refractivity contribution in [1.29, 1.82) is 0 Å². The van der Waals surface area contributed by atoms with Crippen LogP contribution in [0.5, 0.6) is 0 Å². The Labute approximate surface area is 151 Å². The van der Waals surface area contributed by atoms with Crippen LogP contribution < -0.4 is 5.32 Å². The molecule has 1 saturated heterocycles. The molecule has 24 heavy (non-hydrogen) atoms. The minimum atomic E-state index is 0.0884. The summed E-state index contributed by atoms with van der Waals surface area (Å²) in [6.07, 6.45) is 6.86. The third-order valence-corrected chi connectivity index (χ3v) is 5.15. The molecule has 0 bridgehead atoms. The van der Waals surface area contributed by atoms with E-state index in [0.29, 0.717) is 5.56 Å². The molecule has 0 aliphatic carbocycles. The van der Waals surface area contributed by atoms with Crippen LogP contribution in [0.2, 0.25) is 0 Å². The molecule has 5 nitrogen and oxygen atoms in total. The highest BCUT2D eigenvalue weighted by molar-refractivity contribution is 9.10. The standard InChI is InChI=1S/C18H23BrN4O/c1-20-9-6-14-7-10-22(11-8-14)18(24)15-12-21-23(13-15)17-4-2-16(19)3-5-17/h2-5,12-14,20H,6-11H2,1H3. The number of amides is 1. The van der Waals surface area contributed by atoms with Crippen LogP contribution in [0, 0.1) is 5.92 Å². The topological polar surface area (TPSA) is 50.2 Å². The van der Waals surface area contributed by atoms with E-state index < -0.39 is 0 Å². The lowest BCUT2D eigenvalue weighted by Gasteiger charge is -2.31. The molecule has 2 heterocycles. The number of hydrogen-bond donors (Lipinski definition) is 1. The van der Waals surface area contributed by atoms with Crippen molar-refractivity contribution in [3.8, 4) is 5.69 Å². The second kappa shape index (κ2) is 7.94. The molecule has 0 unspecified atom stereocenters. The largest absolute Gasteiger partial charge is 0.339 e. The van der Waals surface area contributed by atoms with E-state index in [1.165, 1.54) is 6.42 Å². The molecule has 1 N–H and O–H groups in total. The molecule has 0 radical (unpaired) electrons. The van der Waals surface area contributed by atoms with Crippen LogP contribution >= 0.6 is 15.9 Å². The number of nitrogens with one attached hydrogen (secondary N) is 1. The number of hydrogen-bond acceptors (Lipinski definition) is 3. The monoisotopic (exact) mass is 390 g/mol. The number of benzene rings is 1. The van der Waals surface area contributed by atoms with Crippen LogP contribution in [-0.4, -0.2) is 47.3 Å². The highest BCUT2D eigenvalue weighted by atomic mass is 79.9. The van der Waals surface area contributed by atoms with Gasteiger partial charge in [-0.2, -0.15) is 5.10 Å². The molecule has 6 heteroatoms. The summed E-state index contributed by atoms with van der Waals surface area (Å²) < 4.78 is 2.77. The van der Waals surface area contributed by atoms with Gasteiger partial charge in [-0.05, 0) is 63.0 Å². The number of carbonyl (C=O) groups excluding carboxylic acids is 1. The fourth-order valence-electron chi connectivity index (χ4n) is 3.12. The number of carbonyl (C=O) groups is 1. The van der Waals surface area contributed by atoms with Gasteiger partial charge in [0.25, 0.3) is 5.91 Å². The minimum absolute atomic E-state index is 0.0884. The molecule has 0 spiro atoms. The van der Waals surface area contributed by atoms with Gasteiger partial charge in [0.05, 0.1) is 17.4 Å². The van der Waals surface area contributed by atoms with Crippen molar-refractivity contribution in [2.75, 3.05) is 26.7 Å². The van der Waals surface area contributed by atoms with Gasteiger partial charge < -0.3 is 10.2 Å². The third kappa shape index (κ3) is 4.05. The van der Waals surface area contributed by atoms with E-state index in [2.05, 4.69) is 26.3 Å². The van der Waals surface area contributed by atoms with E-state index in [4.69, 9.17) is 0 Å². The Balaban J connectivity index is 1.61. The van der Waals surface area contributed by atoms with Crippen LogP contribution in [0.1, 0.15) is 29.6 Å². The predicted molar refractivity (Wildman–Crippen MR) is 98.4 cm³/mol. The average molecular weight is 391 g/mol. The molecular weight excluding hydrogens is 368 g/mol. The van der Waals surface area contributed by atoms with Crippen LogP contribution in [-0.2, 0) is 0 Å². The summed E-state index contributed by atoms with van der Waals surface area (Å²) in [5, 5.41) is 7.54. The summed E-state index contributed by atoms with van der Waals surface area (Å²) in [7, 11) is 1.99. The van der Waals surface area contributed by atoms with Gasteiger partial charge >= 0.3 is 0 Å². The second-order valence-electron chi connectivity index (χ2n) is 6.28. The summed E-state index contributed by atoms with van der Waals surface area (Å²) in [5.41, 5.74) is 1.61. The molecule has 0 atom stereocenters. The first-order valence-electron chi connectivity index (χ1n) is 8.42. The zero-order valence-corrected chi connectivity index (χ0v) is 15.5. The molecule has 3 rings (SSSR count). The first-order chi connectivity index (χ1) is 11.7. The minimum Gasteiger partial charge on any atom is -0.339 e. The number of aromatic nitrogens is 2. The van der Waals surface area contributed by atoms with Gasteiger partial charge in [-0.3, -0.25) is 4.79 Å². The van der Waals surface area contributed by atoms with Gasteiger partial charge in [-0.25, -0.2) is 4.68 Å². The van der Waals surface area contributed by atoms with Crippen molar-refractivity contribution in [2.24, 2.45) is 5.92 Å². The SMILES string of the molecule is CNCCC1CCN(C(=O)c2cnn(-c3ccc(Br)cc3)c2)CC1. The number of halogens is 1. The summed E-state index contributed by atoms with van der Waals surface area (Å²) in [4.78, 5) is 14.6. The van der Waals surface area contributed by atoms with E-state index >= 15 is 0 Å². The van der Waals surface area contributed by atoms with Crippen molar-refractivity contribution in [1.82, 2.24) is 20.0 Å². The van der Waals surface area contributed by atoms with Crippen molar-refractivity contribution < 1.29 is 4.79 Å². The van der Waals surface area contributed by atoms with Crippen LogP contribution in [0.3, 0.4) is 0 Å². The van der Waals surface area contributed by atoms with E-state index in [1.807, 2.05) is 42.4 Å². The Kier molecular flexibility index (Phi) is 5.68. The predicted octanol–water partition coefficient (Wildman–Crippen LogP) is 3.10. The van der Waals surface area contributed by atoms with Crippen molar-refractivity contribution in [3.05, 3.63) is 46.7 Å². The molecule has 1 aromatic heterocycles. The summed E-state index contributed by atoms with van der Waals surface area (Å²) in [6.45, 7) is 2.74. The molecule has 1 aromatic carbocycles. The Morgan fingerprint density at radius 3 is 2.67 bits per heavy atom. The quantitative estimate of drug-likeness (QED) is 0.852. The molecule has 0 saturated carbocycles. The van der Waals surface area contributed by atoms with Gasteiger partial charge in [-0.15, -0.1) is 0 Å². The molecule has 128 valence electrons. The maximum absolute atomic E-state index is 12.7. The number of rotatable bonds is 5. The lowest BCUT2D eigenvalue weighted by molar-refractivity contribution is 0.0687. The lowest BCUT2D eigenvalue weighted by Crippen LogP contribution is -2.38. The zero-order valence-electron chi connectivity index (χ0n) is 13.9. The maximum Gasteiger partial charge on any atom is 0.257 e. The lowest BCUT2D eigenvalue weighted by atomic mass is 9.93. The van der Waals surface area contributed by atoms with Gasteiger partial charge in [0.2, 0.25) is 0 Å². The number of piperidine rings is 1. The van der Waals surface area contributed by atoms with Gasteiger partial charge in [-0.1, -0.05) is 15.9 Å². The first kappa shape index (κ1) is 17.2. The fraction of sp³-hybridized carbons (Fsp3) is 0.444. The normalized spacial score (nSPS) is 15.7. The molecule has 1 fully saturated rings. The van der Waals surface area contributed by atoms with E-state index in [0.717, 1.165) is 48.6 Å². The molecule has 1 amide bonds. The second-order valence-corrected chi connectivity index (χ2v) is 7.19. The highest BCUT2D eigenvalue weighted by Gasteiger charge is 2.24. The molecule has 1 aliphatic rings. The molecule has 2 aromatic rings. The number of nitrogens with zero attached hydrogens (tertiary/aromatic N) is 3. The van der Waals surface area contributed by atoms with Crippen LogP contribution in [0.4, 0.5) is 0 Å². The van der Waals surface area contributed by atoms with Gasteiger partial charge in [0.15, 0.2) is 0 Å². The van der Waals surface area contributed by atoms with Crippen LogP contribution in [0.25, 0.3) is 5.69 Å². The van der Waals surface area contributed by atoms with Crippen molar-refractivity contribution in [3.63, 3.8) is 0 Å².